The van der Waals surface area contributed by atoms with Gasteiger partial charge in [0.2, 0.25) is 0 Å². The zero-order valence-corrected chi connectivity index (χ0v) is 21.5. The summed E-state index contributed by atoms with van der Waals surface area (Å²) < 4.78 is 5.27. The monoisotopic (exact) mass is 476 g/mol. The van der Waals surface area contributed by atoms with Gasteiger partial charge in [0, 0.05) is 17.8 Å². The summed E-state index contributed by atoms with van der Waals surface area (Å²) >= 11 is 0. The van der Waals surface area contributed by atoms with Gasteiger partial charge < -0.3 is 15.4 Å². The highest BCUT2D eigenvalue weighted by molar-refractivity contribution is 5.89. The fourth-order valence-electron chi connectivity index (χ4n) is 6.34. The molecule has 4 nitrogen and oxygen atoms in total. The van der Waals surface area contributed by atoms with Crippen LogP contribution in [-0.4, -0.2) is 19.2 Å². The minimum Gasteiger partial charge on any atom is -0.497 e. The Morgan fingerprint density at radius 1 is 0.857 bits per heavy atom. The van der Waals surface area contributed by atoms with Crippen LogP contribution in [0.4, 0.5) is 10.5 Å². The summed E-state index contributed by atoms with van der Waals surface area (Å²) in [5, 5.41) is 6.28. The quantitative estimate of drug-likeness (QED) is 0.360. The van der Waals surface area contributed by atoms with E-state index in [9.17, 15) is 4.79 Å². The summed E-state index contributed by atoms with van der Waals surface area (Å²) in [6.45, 7) is 0. The van der Waals surface area contributed by atoms with Crippen LogP contribution in [0.5, 0.6) is 5.75 Å². The van der Waals surface area contributed by atoms with E-state index in [2.05, 4.69) is 41.0 Å². The maximum Gasteiger partial charge on any atom is 0.319 e. The van der Waals surface area contributed by atoms with Gasteiger partial charge in [0.05, 0.1) is 7.11 Å². The molecule has 0 aromatic heterocycles. The zero-order chi connectivity index (χ0) is 24.3. The van der Waals surface area contributed by atoms with Crippen molar-refractivity contribution in [2.45, 2.75) is 89.5 Å². The summed E-state index contributed by atoms with van der Waals surface area (Å²) in [5.74, 6) is 3.11. The van der Waals surface area contributed by atoms with Gasteiger partial charge in [0.25, 0.3) is 0 Å². The van der Waals surface area contributed by atoms with Crippen molar-refractivity contribution < 1.29 is 9.53 Å². The van der Waals surface area contributed by atoms with Gasteiger partial charge in [0.1, 0.15) is 5.75 Å². The molecule has 2 unspecified atom stereocenters. The first-order valence-corrected chi connectivity index (χ1v) is 13.9. The third-order valence-corrected chi connectivity index (χ3v) is 8.32. The van der Waals surface area contributed by atoms with Crippen molar-refractivity contribution >= 4 is 11.7 Å². The van der Waals surface area contributed by atoms with E-state index in [1.54, 1.807) is 7.11 Å². The Morgan fingerprint density at radius 2 is 1.66 bits per heavy atom. The minimum atomic E-state index is -0.0941. The maximum atomic E-state index is 12.7. The van der Waals surface area contributed by atoms with Crippen LogP contribution < -0.4 is 15.4 Å². The molecule has 2 aliphatic carbocycles. The number of carbonyl (C=O) groups is 1. The molecule has 4 heteroatoms. The lowest BCUT2D eigenvalue weighted by molar-refractivity contribution is 0.219. The van der Waals surface area contributed by atoms with E-state index in [-0.39, 0.29) is 6.03 Å². The van der Waals surface area contributed by atoms with Crippen LogP contribution in [0.25, 0.3) is 0 Å². The Labute approximate surface area is 212 Å². The fourth-order valence-corrected chi connectivity index (χ4v) is 6.34. The van der Waals surface area contributed by atoms with E-state index >= 15 is 0 Å². The number of benzene rings is 2. The molecule has 2 amide bonds. The molecule has 2 aromatic carbocycles. The standard InChI is InChI=1S/C31H44N2O2/c1-35-29-18-9-17-28(23-29)32-31(34)33-30-19-6-5-15-27(30)16-8-13-24-12-7-14-26(21-20-24)22-25-10-3-2-4-11-25/h2-4,9-11,17-18,23-24,26-27,30H,5-8,12-16,19-22H2,1H3,(H2,32,33,34)/t24?,26?,27-,30+/m0/s1. The predicted octanol–water partition coefficient (Wildman–Crippen LogP) is 7.99. The summed E-state index contributed by atoms with van der Waals surface area (Å²) in [7, 11) is 1.64. The Balaban J connectivity index is 1.19. The van der Waals surface area contributed by atoms with Gasteiger partial charge in [-0.05, 0) is 67.6 Å². The predicted molar refractivity (Wildman–Crippen MR) is 145 cm³/mol. The van der Waals surface area contributed by atoms with Crippen molar-refractivity contribution in [1.82, 2.24) is 5.32 Å². The van der Waals surface area contributed by atoms with Gasteiger partial charge in [-0.15, -0.1) is 0 Å². The molecule has 190 valence electrons. The Hall–Kier alpha value is -2.49. The fraction of sp³-hybridized carbons (Fsp3) is 0.581. The third kappa shape index (κ3) is 8.30. The molecule has 2 N–H and O–H groups in total. The van der Waals surface area contributed by atoms with Gasteiger partial charge in [-0.25, -0.2) is 4.79 Å². The molecule has 0 saturated heterocycles. The van der Waals surface area contributed by atoms with Gasteiger partial charge in [-0.1, -0.05) is 87.8 Å². The molecular formula is C31H44N2O2. The summed E-state index contributed by atoms with van der Waals surface area (Å²) in [6.07, 6.45) is 17.0. The highest BCUT2D eigenvalue weighted by Gasteiger charge is 2.27. The third-order valence-electron chi connectivity index (χ3n) is 8.32. The van der Waals surface area contributed by atoms with Crippen molar-refractivity contribution in [2.75, 3.05) is 12.4 Å². The number of ether oxygens (including phenoxy) is 1. The molecular weight excluding hydrogens is 432 g/mol. The highest BCUT2D eigenvalue weighted by atomic mass is 16.5. The van der Waals surface area contributed by atoms with E-state index in [0.717, 1.165) is 29.7 Å². The first kappa shape index (κ1) is 25.6. The van der Waals surface area contributed by atoms with Gasteiger partial charge in [0.15, 0.2) is 0 Å². The number of hydrogen-bond donors (Lipinski definition) is 2. The number of hydrogen-bond acceptors (Lipinski definition) is 2. The molecule has 0 heterocycles. The summed E-state index contributed by atoms with van der Waals surface area (Å²) in [6, 6.07) is 18.8. The molecule has 2 fully saturated rings. The highest BCUT2D eigenvalue weighted by Crippen LogP contribution is 2.34. The molecule has 0 radical (unpaired) electrons. The normalized spacial score (nSPS) is 24.8. The van der Waals surface area contributed by atoms with E-state index < -0.39 is 0 Å². The van der Waals surface area contributed by atoms with Gasteiger partial charge >= 0.3 is 6.03 Å². The lowest BCUT2D eigenvalue weighted by Crippen LogP contribution is -2.44. The van der Waals surface area contributed by atoms with E-state index in [1.807, 2.05) is 24.3 Å². The molecule has 0 bridgehead atoms. The summed E-state index contributed by atoms with van der Waals surface area (Å²) in [5.41, 5.74) is 2.27. The first-order valence-electron chi connectivity index (χ1n) is 13.9. The molecule has 0 aliphatic heterocycles. The number of methoxy groups -OCH3 is 1. The Bertz CT molecular complexity index is 900. The van der Waals surface area contributed by atoms with Crippen molar-refractivity contribution in [3.8, 4) is 5.75 Å². The van der Waals surface area contributed by atoms with E-state index in [0.29, 0.717) is 12.0 Å². The molecule has 4 atom stereocenters. The number of urea groups is 1. The van der Waals surface area contributed by atoms with Crippen LogP contribution >= 0.6 is 0 Å². The molecule has 2 aliphatic rings. The number of rotatable bonds is 9. The Kier molecular flexibility index (Phi) is 9.92. The maximum absolute atomic E-state index is 12.7. The largest absolute Gasteiger partial charge is 0.497 e. The first-order chi connectivity index (χ1) is 17.2. The van der Waals surface area contributed by atoms with Crippen LogP contribution in [0.2, 0.25) is 0 Å². The smallest absolute Gasteiger partial charge is 0.319 e. The molecule has 35 heavy (non-hydrogen) atoms. The van der Waals surface area contributed by atoms with Gasteiger partial charge in [-0.3, -0.25) is 0 Å². The van der Waals surface area contributed by atoms with Crippen LogP contribution in [0.1, 0.15) is 82.6 Å². The van der Waals surface area contributed by atoms with Crippen LogP contribution in [-0.2, 0) is 6.42 Å². The van der Waals surface area contributed by atoms with Crippen molar-refractivity contribution in [3.05, 3.63) is 60.2 Å². The van der Waals surface area contributed by atoms with Crippen LogP contribution in [0.15, 0.2) is 54.6 Å². The van der Waals surface area contributed by atoms with Crippen molar-refractivity contribution in [2.24, 2.45) is 17.8 Å². The van der Waals surface area contributed by atoms with Crippen molar-refractivity contribution in [3.63, 3.8) is 0 Å². The molecule has 2 saturated carbocycles. The lowest BCUT2D eigenvalue weighted by Gasteiger charge is -2.32. The van der Waals surface area contributed by atoms with Crippen LogP contribution in [0.3, 0.4) is 0 Å². The molecule has 0 spiro atoms. The number of amides is 2. The molecule has 2 aromatic rings. The second-order valence-corrected chi connectivity index (χ2v) is 10.8. The van der Waals surface area contributed by atoms with Crippen molar-refractivity contribution in [1.29, 1.82) is 0 Å². The average molecular weight is 477 g/mol. The number of nitrogens with one attached hydrogen (secondary N) is 2. The minimum absolute atomic E-state index is 0.0941. The average Bonchev–Trinajstić information content (AvgIpc) is 3.11. The second-order valence-electron chi connectivity index (χ2n) is 10.8. The SMILES string of the molecule is COc1cccc(NC(=O)N[C@@H]2CCCC[C@H]2CCCC2CCCC(Cc3ccccc3)CC2)c1. The number of anilines is 1. The Morgan fingerprint density at radius 3 is 2.51 bits per heavy atom. The topological polar surface area (TPSA) is 50.4 Å². The zero-order valence-electron chi connectivity index (χ0n) is 21.5. The van der Waals surface area contributed by atoms with Gasteiger partial charge in [-0.2, -0.15) is 0 Å². The molecule has 4 rings (SSSR count). The van der Waals surface area contributed by atoms with Crippen LogP contribution in [0, 0.1) is 17.8 Å². The van der Waals surface area contributed by atoms with E-state index in [1.165, 1.54) is 82.6 Å². The summed E-state index contributed by atoms with van der Waals surface area (Å²) in [4.78, 5) is 12.7. The number of carbonyl (C=O) groups excluding carboxylic acids is 1. The second kappa shape index (κ2) is 13.6. The van der Waals surface area contributed by atoms with E-state index in [4.69, 9.17) is 4.74 Å². The lowest BCUT2D eigenvalue weighted by atomic mass is 9.80.